The van der Waals surface area contributed by atoms with Crippen molar-refractivity contribution in [1.82, 2.24) is 4.90 Å². The third-order valence-corrected chi connectivity index (χ3v) is 3.50. The second kappa shape index (κ2) is 6.74. The SMILES string of the molecule is Fc1ccc(OCCN2CCOCC2)c(-c2ccco2)c1. The maximum atomic E-state index is 13.4. The predicted octanol–water partition coefficient (Wildman–Crippen LogP) is 2.80. The number of ether oxygens (including phenoxy) is 2. The van der Waals surface area contributed by atoms with Crippen LogP contribution in [0.1, 0.15) is 0 Å². The van der Waals surface area contributed by atoms with Gasteiger partial charge < -0.3 is 13.9 Å². The average Bonchev–Trinajstić information content (AvgIpc) is 3.04. The Hall–Kier alpha value is -1.85. The Balaban J connectivity index is 1.64. The van der Waals surface area contributed by atoms with Crippen molar-refractivity contribution < 1.29 is 18.3 Å². The Morgan fingerprint density at radius 2 is 2.05 bits per heavy atom. The molecule has 0 radical (unpaired) electrons. The smallest absolute Gasteiger partial charge is 0.137 e. The number of benzene rings is 1. The fourth-order valence-electron chi connectivity index (χ4n) is 2.36. The summed E-state index contributed by atoms with van der Waals surface area (Å²) in [5.41, 5.74) is 0.641. The molecule has 0 atom stereocenters. The molecule has 3 rings (SSSR count). The summed E-state index contributed by atoms with van der Waals surface area (Å²) in [7, 11) is 0. The summed E-state index contributed by atoms with van der Waals surface area (Å²) in [5, 5.41) is 0. The summed E-state index contributed by atoms with van der Waals surface area (Å²) >= 11 is 0. The maximum Gasteiger partial charge on any atom is 0.137 e. The first kappa shape index (κ1) is 14.1. The van der Waals surface area contributed by atoms with Gasteiger partial charge in [0.15, 0.2) is 0 Å². The number of rotatable bonds is 5. The highest BCUT2D eigenvalue weighted by molar-refractivity contribution is 5.65. The largest absolute Gasteiger partial charge is 0.491 e. The fourth-order valence-corrected chi connectivity index (χ4v) is 2.36. The Morgan fingerprint density at radius 1 is 1.19 bits per heavy atom. The van der Waals surface area contributed by atoms with E-state index in [9.17, 15) is 4.39 Å². The zero-order valence-electron chi connectivity index (χ0n) is 11.8. The molecule has 112 valence electrons. The van der Waals surface area contributed by atoms with Crippen molar-refractivity contribution in [3.63, 3.8) is 0 Å². The van der Waals surface area contributed by atoms with Gasteiger partial charge in [0.2, 0.25) is 0 Å². The van der Waals surface area contributed by atoms with Gasteiger partial charge >= 0.3 is 0 Å². The van der Waals surface area contributed by atoms with Crippen LogP contribution in [0, 0.1) is 5.82 Å². The molecule has 1 aromatic carbocycles. The molecule has 1 aliphatic rings. The van der Waals surface area contributed by atoms with E-state index in [-0.39, 0.29) is 5.82 Å². The quantitative estimate of drug-likeness (QED) is 0.848. The molecule has 0 unspecified atom stereocenters. The topological polar surface area (TPSA) is 34.8 Å². The molecule has 2 aromatic rings. The molecule has 5 heteroatoms. The molecular formula is C16H18FNO3. The average molecular weight is 291 g/mol. The van der Waals surface area contributed by atoms with Crippen LogP contribution in [0.25, 0.3) is 11.3 Å². The molecule has 4 nitrogen and oxygen atoms in total. The van der Waals surface area contributed by atoms with Crippen LogP contribution in [-0.2, 0) is 4.74 Å². The lowest BCUT2D eigenvalue weighted by Crippen LogP contribution is -2.38. The van der Waals surface area contributed by atoms with Gasteiger partial charge in [-0.15, -0.1) is 0 Å². The van der Waals surface area contributed by atoms with Gasteiger partial charge in [-0.3, -0.25) is 4.90 Å². The molecule has 0 aliphatic carbocycles. The van der Waals surface area contributed by atoms with Gasteiger partial charge in [-0.1, -0.05) is 0 Å². The minimum Gasteiger partial charge on any atom is -0.491 e. The Kier molecular flexibility index (Phi) is 4.52. The Morgan fingerprint density at radius 3 is 2.81 bits per heavy atom. The van der Waals surface area contributed by atoms with Gasteiger partial charge in [0.1, 0.15) is 23.9 Å². The summed E-state index contributed by atoms with van der Waals surface area (Å²) in [6, 6.07) is 8.05. The molecule has 21 heavy (non-hydrogen) atoms. The first-order valence-electron chi connectivity index (χ1n) is 7.09. The summed E-state index contributed by atoms with van der Waals surface area (Å²) in [4.78, 5) is 2.29. The summed E-state index contributed by atoms with van der Waals surface area (Å²) < 4.78 is 29.9. The van der Waals surface area contributed by atoms with Crippen molar-refractivity contribution in [2.45, 2.75) is 0 Å². The van der Waals surface area contributed by atoms with E-state index >= 15 is 0 Å². The van der Waals surface area contributed by atoms with Gasteiger partial charge in [0.25, 0.3) is 0 Å². The highest BCUT2D eigenvalue weighted by Gasteiger charge is 2.13. The van der Waals surface area contributed by atoms with Crippen LogP contribution < -0.4 is 4.74 Å². The number of halogens is 1. The van der Waals surface area contributed by atoms with E-state index in [1.54, 1.807) is 24.5 Å². The van der Waals surface area contributed by atoms with Crippen LogP contribution in [0.3, 0.4) is 0 Å². The Bertz CT molecular complexity index is 565. The van der Waals surface area contributed by atoms with Crippen LogP contribution in [0.5, 0.6) is 5.75 Å². The molecule has 0 spiro atoms. The number of furan rings is 1. The molecule has 0 N–H and O–H groups in total. The number of morpholine rings is 1. The van der Waals surface area contributed by atoms with Crippen LogP contribution >= 0.6 is 0 Å². The van der Waals surface area contributed by atoms with E-state index in [1.807, 2.05) is 0 Å². The highest BCUT2D eigenvalue weighted by atomic mass is 19.1. The molecule has 1 aliphatic heterocycles. The van der Waals surface area contributed by atoms with E-state index in [1.165, 1.54) is 12.1 Å². The van der Waals surface area contributed by atoms with Gasteiger partial charge in [0.05, 0.1) is 25.0 Å². The number of nitrogens with zero attached hydrogens (tertiary/aromatic N) is 1. The third-order valence-electron chi connectivity index (χ3n) is 3.50. The second-order valence-electron chi connectivity index (χ2n) is 4.92. The predicted molar refractivity (Wildman–Crippen MR) is 76.9 cm³/mol. The van der Waals surface area contributed by atoms with Crippen molar-refractivity contribution in [2.24, 2.45) is 0 Å². The molecule has 0 saturated carbocycles. The number of hydrogen-bond donors (Lipinski definition) is 0. The fraction of sp³-hybridized carbons (Fsp3) is 0.375. The zero-order valence-corrected chi connectivity index (χ0v) is 11.8. The van der Waals surface area contributed by atoms with E-state index in [0.29, 0.717) is 23.7 Å². The van der Waals surface area contributed by atoms with Gasteiger partial charge in [-0.2, -0.15) is 0 Å². The number of hydrogen-bond acceptors (Lipinski definition) is 4. The lowest BCUT2D eigenvalue weighted by atomic mass is 10.1. The van der Waals surface area contributed by atoms with Crippen molar-refractivity contribution >= 4 is 0 Å². The van der Waals surface area contributed by atoms with Crippen LogP contribution in [0.2, 0.25) is 0 Å². The van der Waals surface area contributed by atoms with Crippen LogP contribution in [-0.4, -0.2) is 44.4 Å². The zero-order chi connectivity index (χ0) is 14.5. The molecule has 1 saturated heterocycles. The summed E-state index contributed by atoms with van der Waals surface area (Å²) in [6.45, 7) is 4.79. The molecule has 0 bridgehead atoms. The normalized spacial score (nSPS) is 16.0. The maximum absolute atomic E-state index is 13.4. The second-order valence-corrected chi connectivity index (χ2v) is 4.92. The van der Waals surface area contributed by atoms with Gasteiger partial charge in [0, 0.05) is 19.6 Å². The van der Waals surface area contributed by atoms with E-state index in [0.717, 1.165) is 32.8 Å². The summed E-state index contributed by atoms with van der Waals surface area (Å²) in [5.74, 6) is 0.942. The van der Waals surface area contributed by atoms with E-state index in [2.05, 4.69) is 4.90 Å². The molecule has 2 heterocycles. The molecule has 0 amide bonds. The third kappa shape index (κ3) is 3.62. The monoisotopic (exact) mass is 291 g/mol. The van der Waals surface area contributed by atoms with Gasteiger partial charge in [-0.05, 0) is 30.3 Å². The highest BCUT2D eigenvalue weighted by Crippen LogP contribution is 2.31. The summed E-state index contributed by atoms with van der Waals surface area (Å²) in [6.07, 6.45) is 1.57. The van der Waals surface area contributed by atoms with Crippen LogP contribution in [0.4, 0.5) is 4.39 Å². The lowest BCUT2D eigenvalue weighted by Gasteiger charge is -2.26. The van der Waals surface area contributed by atoms with Crippen LogP contribution in [0.15, 0.2) is 41.0 Å². The van der Waals surface area contributed by atoms with E-state index in [4.69, 9.17) is 13.9 Å². The van der Waals surface area contributed by atoms with E-state index < -0.39 is 0 Å². The van der Waals surface area contributed by atoms with Crippen molar-refractivity contribution in [2.75, 3.05) is 39.5 Å². The first-order valence-corrected chi connectivity index (χ1v) is 7.09. The van der Waals surface area contributed by atoms with Crippen molar-refractivity contribution in [3.8, 4) is 17.1 Å². The molecule has 1 fully saturated rings. The Labute approximate surface area is 123 Å². The minimum atomic E-state index is -0.304. The standard InChI is InChI=1S/C16H18FNO3/c17-13-3-4-16(14(12-13)15-2-1-8-20-15)21-11-7-18-5-9-19-10-6-18/h1-4,8,12H,5-7,9-11H2. The van der Waals surface area contributed by atoms with Crippen molar-refractivity contribution in [3.05, 3.63) is 42.4 Å². The molecule has 1 aromatic heterocycles. The first-order chi connectivity index (χ1) is 10.3. The molecular weight excluding hydrogens is 273 g/mol. The lowest BCUT2D eigenvalue weighted by molar-refractivity contribution is 0.0323. The van der Waals surface area contributed by atoms with Crippen molar-refractivity contribution in [1.29, 1.82) is 0 Å². The van der Waals surface area contributed by atoms with Gasteiger partial charge in [-0.25, -0.2) is 4.39 Å². The minimum absolute atomic E-state index is 0.304.